The Morgan fingerprint density at radius 1 is 0.191 bits per heavy atom. The van der Waals surface area contributed by atoms with Crippen molar-refractivity contribution >= 4 is 154 Å². The van der Waals surface area contributed by atoms with Crippen molar-refractivity contribution in [1.82, 2.24) is 25.6 Å². The topological polar surface area (TPSA) is 152 Å². The van der Waals surface area contributed by atoms with Crippen LogP contribution in [0.25, 0.3) is 265 Å². The van der Waals surface area contributed by atoms with Crippen LogP contribution in [0.4, 0.5) is 0 Å². The van der Waals surface area contributed by atoms with Gasteiger partial charge in [-0.1, -0.05) is 358 Å². The molecular formula is C129H73N9O3. The van der Waals surface area contributed by atoms with Gasteiger partial charge in [-0.3, -0.25) is 0 Å². The van der Waals surface area contributed by atoms with Gasteiger partial charge in [-0.15, -0.1) is 0 Å². The summed E-state index contributed by atoms with van der Waals surface area (Å²) < 4.78 is 21.5. The van der Waals surface area contributed by atoms with Gasteiger partial charge in [-0.05, 0) is 209 Å². The van der Waals surface area contributed by atoms with Gasteiger partial charge in [0.05, 0.1) is 0 Å². The molecule has 141 heavy (non-hydrogen) atoms. The number of nitrogens with one attached hydrogen (secondary N) is 2. The maximum Gasteiger partial charge on any atom is 0.164 e. The lowest BCUT2D eigenvalue weighted by atomic mass is 9.91. The van der Waals surface area contributed by atoms with Gasteiger partial charge in [0.2, 0.25) is 0 Å². The molecule has 0 saturated carbocycles. The molecule has 0 radical (unpaired) electrons. The summed E-state index contributed by atoms with van der Waals surface area (Å²) >= 11 is 0. The van der Waals surface area contributed by atoms with Crippen molar-refractivity contribution in [2.75, 3.05) is 0 Å². The molecule has 0 saturated heterocycles. The average Bonchev–Trinajstić information content (AvgIpc) is 1.56. The number of aromatic nitrogens is 3. The lowest BCUT2D eigenvalue weighted by Gasteiger charge is -2.24. The summed E-state index contributed by atoms with van der Waals surface area (Å²) in [7, 11) is 0. The van der Waals surface area contributed by atoms with Crippen LogP contribution in [0.3, 0.4) is 0 Å². The molecule has 4 aromatic heterocycles. The Balaban J connectivity index is 0.477. The van der Waals surface area contributed by atoms with Crippen LogP contribution in [-0.4, -0.2) is 38.3 Å². The van der Waals surface area contributed by atoms with Gasteiger partial charge < -0.3 is 23.9 Å². The third kappa shape index (κ3) is 11.7. The Labute approximate surface area is 805 Å². The molecule has 0 amide bonds. The van der Waals surface area contributed by atoms with Crippen molar-refractivity contribution in [3.63, 3.8) is 0 Å². The first kappa shape index (κ1) is 77.4. The molecule has 0 fully saturated rings. The molecule has 0 bridgehead atoms. The fourth-order valence-corrected chi connectivity index (χ4v) is 23.5. The van der Waals surface area contributed by atoms with Crippen LogP contribution in [-0.2, 0) is 0 Å². The van der Waals surface area contributed by atoms with Gasteiger partial charge in [0.25, 0.3) is 0 Å². The summed E-state index contributed by atoms with van der Waals surface area (Å²) in [5.74, 6) is 4.45. The van der Waals surface area contributed by atoms with Crippen LogP contribution in [0.2, 0.25) is 0 Å². The largest absolute Gasteiger partial charge is 0.455 e. The molecule has 0 spiro atoms. The first-order valence-electron chi connectivity index (χ1n) is 47.9. The number of furan rings is 3. The fraction of sp³-hybridized carbons (Fsp3) is 0.0155. The lowest BCUT2D eigenvalue weighted by molar-refractivity contribution is 0.663. The summed E-state index contributed by atoms with van der Waals surface area (Å²) in [5, 5.41) is 27.8. The molecular weight excluding hydrogens is 1720 g/mol. The van der Waals surface area contributed by atoms with Crippen molar-refractivity contribution in [3.8, 4) is 134 Å². The first-order chi connectivity index (χ1) is 69.8. The molecule has 652 valence electrons. The highest BCUT2D eigenvalue weighted by atomic mass is 16.3. The monoisotopic (exact) mass is 1800 g/mol. The number of fused-ring (bicyclic) bond motifs is 24. The Morgan fingerprint density at radius 2 is 0.553 bits per heavy atom. The number of hydrogen-bond donors (Lipinski definition) is 2. The number of benzene rings is 22. The molecule has 12 nitrogen and oxygen atoms in total. The smallest absolute Gasteiger partial charge is 0.164 e. The third-order valence-electron chi connectivity index (χ3n) is 29.9. The zero-order chi connectivity index (χ0) is 91.9. The predicted molar refractivity (Wildman–Crippen MR) is 576 cm³/mol. The van der Waals surface area contributed by atoms with Crippen molar-refractivity contribution in [3.05, 3.63) is 452 Å². The van der Waals surface area contributed by atoms with E-state index in [0.29, 0.717) is 35.0 Å². The molecule has 31 rings (SSSR count). The molecule has 6 heterocycles. The highest BCUT2D eigenvalue weighted by Crippen LogP contribution is 2.58. The van der Waals surface area contributed by atoms with E-state index in [9.17, 15) is 0 Å². The summed E-state index contributed by atoms with van der Waals surface area (Å²) in [6.07, 6.45) is -1.10. The summed E-state index contributed by atoms with van der Waals surface area (Å²) in [4.78, 5) is 37.9. The van der Waals surface area contributed by atoms with Gasteiger partial charge in [-0.25, -0.2) is 34.9 Å². The SMILES string of the molecule is c1ccc(-c2ccc(-c3nc(-c4ccccc4)nc(-c4cccc5oc6c7c(ccc6c45)-c4ccc(-c5cccc(C6=NC(c8ccc9ccccc9c8)=NC(c8cccc9oc%10c%11c(ccc%10c89)-c8ccc(-c9cccc%10cc(C%12=NC(c%13ccc%14ccccc%14c%13)=NC(c%13cccc%14oc%15c%16c(ccc%15c%13%14)-c%13cccc%14cccc-%16c%13%14)N%12)ccc9%10)c9cccc-%11c89)N6)c5)c5cccc-7c45)n3)cc2)cc1. The number of rotatable bonds is 12. The molecule has 2 unspecified atom stereocenters. The minimum atomic E-state index is -0.584. The summed E-state index contributed by atoms with van der Waals surface area (Å²) in [6, 6.07) is 150. The minimum Gasteiger partial charge on any atom is -0.455 e. The van der Waals surface area contributed by atoms with E-state index in [-0.39, 0.29) is 0 Å². The predicted octanol–water partition coefficient (Wildman–Crippen LogP) is 32.4. The van der Waals surface area contributed by atoms with Gasteiger partial charge >= 0.3 is 0 Å². The van der Waals surface area contributed by atoms with Crippen molar-refractivity contribution in [1.29, 1.82) is 0 Å². The van der Waals surface area contributed by atoms with Crippen LogP contribution in [0.1, 0.15) is 45.7 Å². The van der Waals surface area contributed by atoms with E-state index in [1.165, 1.54) is 43.8 Å². The molecule has 26 aromatic rings. The van der Waals surface area contributed by atoms with E-state index in [4.69, 9.17) is 48.2 Å². The third-order valence-corrected chi connectivity index (χ3v) is 29.9. The second kappa shape index (κ2) is 29.8. The average molecular weight is 1800 g/mol. The number of nitrogens with zero attached hydrogens (tertiary/aromatic N) is 7. The number of hydrogen-bond acceptors (Lipinski definition) is 12. The van der Waals surface area contributed by atoms with E-state index in [1.54, 1.807) is 0 Å². The second-order valence-corrected chi connectivity index (χ2v) is 37.5. The molecule has 2 N–H and O–H groups in total. The highest BCUT2D eigenvalue weighted by Gasteiger charge is 2.36. The Hall–Kier alpha value is -18.9. The van der Waals surface area contributed by atoms with Crippen molar-refractivity contribution in [2.45, 2.75) is 12.3 Å². The zero-order valence-electron chi connectivity index (χ0n) is 75.3. The van der Waals surface area contributed by atoms with Gasteiger partial charge in [0.15, 0.2) is 29.1 Å². The molecule has 3 aliphatic carbocycles. The first-order valence-corrected chi connectivity index (χ1v) is 47.9. The molecule has 2 aliphatic heterocycles. The van der Waals surface area contributed by atoms with Crippen LogP contribution in [0, 0.1) is 0 Å². The van der Waals surface area contributed by atoms with E-state index in [0.717, 1.165) is 243 Å². The van der Waals surface area contributed by atoms with E-state index in [1.807, 2.05) is 42.5 Å². The van der Waals surface area contributed by atoms with Gasteiger partial charge in [0, 0.05) is 99.1 Å². The van der Waals surface area contributed by atoms with Crippen molar-refractivity contribution < 1.29 is 13.3 Å². The van der Waals surface area contributed by atoms with Crippen LogP contribution < -0.4 is 10.6 Å². The van der Waals surface area contributed by atoms with E-state index in [2.05, 4.69) is 387 Å². The van der Waals surface area contributed by atoms with Gasteiger partial charge in [0.1, 0.15) is 57.5 Å². The van der Waals surface area contributed by atoms with Gasteiger partial charge in [-0.2, -0.15) is 0 Å². The minimum absolute atomic E-state index is 0.517. The standard InChI is InChI=1S/C129H73N9O3/c1-3-20-70(21-4-1)73-46-50-76(51-47-73)122-130-121(75-24-5-2-6-25-75)133-127(134-122)103-40-17-44-107-113(103)101-64-61-95-92-58-56-86(89-35-15-38-98(110(89)92)116(95)119(101)140-107)80-30-11-32-81(68-80)123-131-124(82-52-48-71-22-7-9-26-77(71)66-82)136-128(135-123)104-41-18-45-108-114(104)102-65-62-96-93-59-57-88(90-36-16-39-99(111(90)93)117(96)120(102)141-108)87-33-14-31-79-69-84(54-55-85(79)87)126-132-125(83-53-49-72-23-8-10-27-78(72)67-83)137-129(138-126)105-42-19-43-106-112(105)100-63-60-94-91-34-12-28-74-29-13-37-97(109(74)91)115(94)118(100)139-106/h1-69,128-129H,(H,131,135,136)(H,132,137,138). The normalized spacial score (nSPS) is 14.4. The van der Waals surface area contributed by atoms with Crippen LogP contribution >= 0.6 is 0 Å². The molecule has 22 aromatic carbocycles. The highest BCUT2D eigenvalue weighted by molar-refractivity contribution is 6.30. The fourth-order valence-electron chi connectivity index (χ4n) is 23.5. The van der Waals surface area contributed by atoms with Crippen LogP contribution in [0.15, 0.2) is 452 Å². The Morgan fingerprint density at radius 3 is 1.14 bits per heavy atom. The van der Waals surface area contributed by atoms with Crippen molar-refractivity contribution in [2.24, 2.45) is 20.0 Å². The summed E-state index contributed by atoms with van der Waals surface area (Å²) in [5.41, 5.74) is 33.7. The lowest BCUT2D eigenvalue weighted by Crippen LogP contribution is -2.33. The number of aliphatic imine (C=N–C) groups is 4. The second-order valence-electron chi connectivity index (χ2n) is 37.5. The van der Waals surface area contributed by atoms with E-state index >= 15 is 0 Å². The van der Waals surface area contributed by atoms with Crippen LogP contribution in [0.5, 0.6) is 0 Å². The molecule has 12 heteroatoms. The maximum absolute atomic E-state index is 7.34. The molecule has 2 atom stereocenters. The Bertz CT molecular complexity index is 10200. The quantitative estimate of drug-likeness (QED) is 0.123. The summed E-state index contributed by atoms with van der Waals surface area (Å²) in [6.45, 7) is 0. The zero-order valence-corrected chi connectivity index (χ0v) is 75.3. The Kier molecular flexibility index (Phi) is 16.4. The maximum atomic E-state index is 7.34. The number of amidine groups is 4. The molecule has 5 aliphatic rings. The van der Waals surface area contributed by atoms with E-state index < -0.39 is 12.3 Å².